The van der Waals surface area contributed by atoms with Crippen molar-refractivity contribution in [2.24, 2.45) is 0 Å². The second-order valence-corrected chi connectivity index (χ2v) is 7.51. The maximum atomic E-state index is 10.3. The van der Waals surface area contributed by atoms with Crippen molar-refractivity contribution in [2.75, 3.05) is 5.75 Å². The Morgan fingerprint density at radius 1 is 0.850 bits per heavy atom. The van der Waals surface area contributed by atoms with E-state index in [0.29, 0.717) is 6.42 Å². The van der Waals surface area contributed by atoms with Crippen molar-refractivity contribution in [1.82, 2.24) is 0 Å². The Kier molecular flexibility index (Phi) is 11.2. The third-order valence-corrected chi connectivity index (χ3v) is 5.66. The first-order chi connectivity index (χ1) is 9.79. The molecular weight excluding hydrogens is 268 g/mol. The van der Waals surface area contributed by atoms with Gasteiger partial charge in [0.25, 0.3) is 0 Å². The highest BCUT2D eigenvalue weighted by atomic mass is 32.2. The molecule has 1 rings (SSSR count). The highest BCUT2D eigenvalue weighted by molar-refractivity contribution is 7.99. The molecule has 1 N–H and O–H groups in total. The van der Waals surface area contributed by atoms with Crippen molar-refractivity contribution in [3.8, 4) is 0 Å². The number of rotatable bonds is 12. The largest absolute Gasteiger partial charge is 0.481 e. The van der Waals surface area contributed by atoms with Crippen LogP contribution < -0.4 is 0 Å². The molecule has 0 aromatic carbocycles. The number of aliphatic carboxylic acids is 1. The molecule has 20 heavy (non-hydrogen) atoms. The van der Waals surface area contributed by atoms with Gasteiger partial charge < -0.3 is 5.11 Å². The molecule has 0 bridgehead atoms. The summed E-state index contributed by atoms with van der Waals surface area (Å²) in [6, 6.07) is 0. The van der Waals surface area contributed by atoms with Gasteiger partial charge >= 0.3 is 5.97 Å². The van der Waals surface area contributed by atoms with Gasteiger partial charge in [-0.3, -0.25) is 4.79 Å². The van der Waals surface area contributed by atoms with Crippen molar-refractivity contribution in [3.05, 3.63) is 0 Å². The lowest BCUT2D eigenvalue weighted by Gasteiger charge is -2.20. The Labute approximate surface area is 129 Å². The summed E-state index contributed by atoms with van der Waals surface area (Å²) in [4.78, 5) is 10.3. The second kappa shape index (κ2) is 12.6. The third kappa shape index (κ3) is 10.6. The molecule has 2 nitrogen and oxygen atoms in total. The van der Waals surface area contributed by atoms with Gasteiger partial charge in [0.15, 0.2) is 0 Å². The summed E-state index contributed by atoms with van der Waals surface area (Å²) in [6.45, 7) is 0. The van der Waals surface area contributed by atoms with Crippen molar-refractivity contribution in [3.63, 3.8) is 0 Å². The quantitative estimate of drug-likeness (QED) is 0.473. The van der Waals surface area contributed by atoms with Crippen molar-refractivity contribution in [1.29, 1.82) is 0 Å². The Morgan fingerprint density at radius 3 is 2.00 bits per heavy atom. The maximum Gasteiger partial charge on any atom is 0.303 e. The Balaban J connectivity index is 1.73. The van der Waals surface area contributed by atoms with E-state index in [2.05, 4.69) is 11.8 Å². The summed E-state index contributed by atoms with van der Waals surface area (Å²) in [5.74, 6) is 0.712. The molecule has 0 atom stereocenters. The third-order valence-electron chi connectivity index (χ3n) is 4.19. The molecule has 1 aliphatic carbocycles. The van der Waals surface area contributed by atoms with E-state index in [-0.39, 0.29) is 0 Å². The van der Waals surface area contributed by atoms with E-state index in [1.54, 1.807) is 0 Å². The predicted molar refractivity (Wildman–Crippen MR) is 88.5 cm³/mol. The van der Waals surface area contributed by atoms with Gasteiger partial charge in [0.05, 0.1) is 0 Å². The fraction of sp³-hybridized carbons (Fsp3) is 0.941. The molecular formula is C17H32O2S. The van der Waals surface area contributed by atoms with E-state index in [9.17, 15) is 4.79 Å². The summed E-state index contributed by atoms with van der Waals surface area (Å²) in [7, 11) is 0. The van der Waals surface area contributed by atoms with Gasteiger partial charge in [-0.1, -0.05) is 57.8 Å². The number of carboxylic acids is 1. The van der Waals surface area contributed by atoms with Crippen LogP contribution in [0, 0.1) is 0 Å². The molecule has 0 aromatic heterocycles. The topological polar surface area (TPSA) is 37.3 Å². The molecule has 0 heterocycles. The summed E-state index contributed by atoms with van der Waals surface area (Å²) >= 11 is 2.22. The average Bonchev–Trinajstić information content (AvgIpc) is 2.45. The summed E-state index contributed by atoms with van der Waals surface area (Å²) in [5, 5.41) is 9.50. The molecule has 0 aromatic rings. The first kappa shape index (κ1) is 17.9. The minimum atomic E-state index is -0.652. The highest BCUT2D eigenvalue weighted by Crippen LogP contribution is 2.28. The van der Waals surface area contributed by atoms with Gasteiger partial charge in [0.1, 0.15) is 0 Å². The molecule has 1 saturated carbocycles. The van der Waals surface area contributed by atoms with Gasteiger partial charge in [-0.05, 0) is 31.4 Å². The van der Waals surface area contributed by atoms with Crippen LogP contribution >= 0.6 is 11.8 Å². The first-order valence-corrected chi connectivity index (χ1v) is 9.67. The molecule has 1 aliphatic rings. The molecule has 0 unspecified atom stereocenters. The van der Waals surface area contributed by atoms with E-state index in [4.69, 9.17) is 5.11 Å². The number of hydrogen-bond donors (Lipinski definition) is 1. The highest BCUT2D eigenvalue weighted by Gasteiger charge is 2.12. The predicted octanol–water partition coefficient (Wildman–Crippen LogP) is 5.65. The van der Waals surface area contributed by atoms with Crippen molar-refractivity contribution in [2.45, 2.75) is 95.1 Å². The fourth-order valence-electron chi connectivity index (χ4n) is 2.92. The first-order valence-electron chi connectivity index (χ1n) is 8.62. The van der Waals surface area contributed by atoms with Crippen LogP contribution in [0.1, 0.15) is 89.9 Å². The van der Waals surface area contributed by atoms with E-state index in [0.717, 1.165) is 18.1 Å². The molecule has 0 radical (unpaired) electrons. The molecule has 3 heteroatoms. The normalized spacial score (nSPS) is 16.4. The summed E-state index contributed by atoms with van der Waals surface area (Å²) in [6.07, 6.45) is 17.6. The molecule has 1 fully saturated rings. The van der Waals surface area contributed by atoms with Gasteiger partial charge in [0.2, 0.25) is 0 Å². The zero-order chi connectivity index (χ0) is 14.5. The van der Waals surface area contributed by atoms with Gasteiger partial charge in [-0.2, -0.15) is 11.8 Å². The molecule has 0 amide bonds. The van der Waals surface area contributed by atoms with Crippen molar-refractivity contribution < 1.29 is 9.90 Å². The minimum Gasteiger partial charge on any atom is -0.481 e. The molecule has 118 valence electrons. The lowest BCUT2D eigenvalue weighted by atomic mass is 10.0. The fourth-order valence-corrected chi connectivity index (χ4v) is 4.29. The average molecular weight is 301 g/mol. The van der Waals surface area contributed by atoms with Crippen molar-refractivity contribution >= 4 is 17.7 Å². The van der Waals surface area contributed by atoms with Gasteiger partial charge in [-0.25, -0.2) is 0 Å². The lowest BCUT2D eigenvalue weighted by Crippen LogP contribution is -2.08. The number of unbranched alkanes of at least 4 members (excludes halogenated alkanes) is 7. The Morgan fingerprint density at radius 2 is 1.40 bits per heavy atom. The van der Waals surface area contributed by atoms with Crippen LogP contribution in [-0.2, 0) is 4.79 Å². The number of carbonyl (C=O) groups is 1. The van der Waals surface area contributed by atoms with Crippen LogP contribution in [0.2, 0.25) is 0 Å². The van der Waals surface area contributed by atoms with Crippen LogP contribution in [0.4, 0.5) is 0 Å². The monoisotopic (exact) mass is 300 g/mol. The van der Waals surface area contributed by atoms with E-state index in [1.807, 2.05) is 0 Å². The zero-order valence-electron chi connectivity index (χ0n) is 12.9. The smallest absolute Gasteiger partial charge is 0.303 e. The molecule has 0 saturated heterocycles. The number of carboxylic acid groups (broad SMARTS) is 1. The SMILES string of the molecule is O=C(O)CCCCCCCCCCSC1CCCCC1. The lowest BCUT2D eigenvalue weighted by molar-refractivity contribution is -0.137. The summed E-state index contributed by atoms with van der Waals surface area (Å²) < 4.78 is 0. The zero-order valence-corrected chi connectivity index (χ0v) is 13.8. The van der Waals surface area contributed by atoms with Gasteiger partial charge in [0, 0.05) is 11.7 Å². The number of thioether (sulfide) groups is 1. The summed E-state index contributed by atoms with van der Waals surface area (Å²) in [5.41, 5.74) is 0. The Hall–Kier alpha value is -0.180. The Bertz CT molecular complexity index is 237. The molecule has 0 aliphatic heterocycles. The number of hydrogen-bond acceptors (Lipinski definition) is 2. The van der Waals surface area contributed by atoms with E-state index in [1.165, 1.54) is 76.4 Å². The van der Waals surface area contributed by atoms with Crippen LogP contribution in [0.15, 0.2) is 0 Å². The van der Waals surface area contributed by atoms with Gasteiger partial charge in [-0.15, -0.1) is 0 Å². The second-order valence-electron chi connectivity index (χ2n) is 6.10. The maximum absolute atomic E-state index is 10.3. The van der Waals surface area contributed by atoms with Crippen LogP contribution in [0.5, 0.6) is 0 Å². The van der Waals surface area contributed by atoms with E-state index >= 15 is 0 Å². The van der Waals surface area contributed by atoms with Crippen LogP contribution in [0.25, 0.3) is 0 Å². The van der Waals surface area contributed by atoms with E-state index < -0.39 is 5.97 Å². The van der Waals surface area contributed by atoms with Crippen LogP contribution in [0.3, 0.4) is 0 Å². The standard InChI is InChI=1S/C17H32O2S/c18-17(19)14-10-5-3-1-2-4-6-11-15-20-16-12-8-7-9-13-16/h16H,1-15H2,(H,18,19). The van der Waals surface area contributed by atoms with Crippen LogP contribution in [-0.4, -0.2) is 22.1 Å². The minimum absolute atomic E-state index is 0.346. The molecule has 0 spiro atoms.